The second kappa shape index (κ2) is 9.83. The van der Waals surface area contributed by atoms with Crippen LogP contribution in [-0.2, 0) is 6.42 Å². The normalized spacial score (nSPS) is 24.5. The summed E-state index contributed by atoms with van der Waals surface area (Å²) >= 11 is 0. The number of halogens is 1. The number of rotatable bonds is 5. The van der Waals surface area contributed by atoms with Crippen molar-refractivity contribution in [2.75, 3.05) is 63.2 Å². The SMILES string of the molecule is CN(C)C1CN(C2CCc3cccc(F)c32)CC1c1ccc(N2CCN(c3ccccn3)CC2)cc1. The van der Waals surface area contributed by atoms with Crippen LogP contribution < -0.4 is 9.80 Å². The van der Waals surface area contributed by atoms with Crippen LogP contribution in [0.4, 0.5) is 15.9 Å². The Bertz CT molecular complexity index is 1170. The van der Waals surface area contributed by atoms with Crippen molar-refractivity contribution in [1.82, 2.24) is 14.8 Å². The third kappa shape index (κ3) is 4.37. The quantitative estimate of drug-likeness (QED) is 0.528. The van der Waals surface area contributed by atoms with E-state index in [1.165, 1.54) is 16.8 Å². The molecule has 0 N–H and O–H groups in total. The molecule has 2 aromatic carbocycles. The predicted octanol–water partition coefficient (Wildman–Crippen LogP) is 4.56. The molecule has 0 bridgehead atoms. The molecule has 2 fully saturated rings. The number of anilines is 2. The summed E-state index contributed by atoms with van der Waals surface area (Å²) in [5.41, 5.74) is 4.81. The van der Waals surface area contributed by atoms with Gasteiger partial charge in [0.25, 0.3) is 0 Å². The maximum Gasteiger partial charge on any atom is 0.128 e. The van der Waals surface area contributed by atoms with Crippen molar-refractivity contribution < 1.29 is 4.39 Å². The van der Waals surface area contributed by atoms with E-state index in [4.69, 9.17) is 0 Å². The van der Waals surface area contributed by atoms with E-state index < -0.39 is 0 Å². The summed E-state index contributed by atoms with van der Waals surface area (Å²) < 4.78 is 14.8. The molecular weight excluding hydrogens is 449 g/mol. The standard InChI is InChI=1S/C30H36FN5/c1-33(2)28-21-36(27-14-11-23-6-5-7-26(31)30(23)27)20-25(28)22-9-12-24(13-10-22)34-16-18-35(19-17-34)29-8-3-4-15-32-29/h3-10,12-13,15,25,27-28H,11,14,16-21H2,1-2H3. The molecule has 2 aliphatic heterocycles. The molecule has 0 radical (unpaired) electrons. The highest BCUT2D eigenvalue weighted by Gasteiger charge is 2.41. The van der Waals surface area contributed by atoms with Gasteiger partial charge in [0.1, 0.15) is 11.6 Å². The smallest absolute Gasteiger partial charge is 0.128 e. The van der Waals surface area contributed by atoms with Gasteiger partial charge in [0.05, 0.1) is 0 Å². The van der Waals surface area contributed by atoms with Crippen LogP contribution in [0.15, 0.2) is 66.9 Å². The highest BCUT2D eigenvalue weighted by Crippen LogP contribution is 2.42. The monoisotopic (exact) mass is 485 g/mol. The third-order valence-electron chi connectivity index (χ3n) is 8.52. The van der Waals surface area contributed by atoms with Gasteiger partial charge in [-0.1, -0.05) is 30.3 Å². The zero-order valence-electron chi connectivity index (χ0n) is 21.4. The minimum atomic E-state index is -0.0349. The van der Waals surface area contributed by atoms with Crippen LogP contribution in [0, 0.1) is 5.82 Å². The molecule has 36 heavy (non-hydrogen) atoms. The highest BCUT2D eigenvalue weighted by atomic mass is 19.1. The van der Waals surface area contributed by atoms with Gasteiger partial charge < -0.3 is 14.7 Å². The van der Waals surface area contributed by atoms with Gasteiger partial charge in [-0.05, 0) is 68.4 Å². The maximum atomic E-state index is 14.8. The Balaban J connectivity index is 1.15. The lowest BCUT2D eigenvalue weighted by molar-refractivity contribution is 0.213. The van der Waals surface area contributed by atoms with E-state index in [-0.39, 0.29) is 11.9 Å². The van der Waals surface area contributed by atoms with Crippen LogP contribution in [0.3, 0.4) is 0 Å². The Morgan fingerprint density at radius 3 is 2.36 bits per heavy atom. The van der Waals surface area contributed by atoms with Crippen molar-refractivity contribution in [2.24, 2.45) is 0 Å². The van der Waals surface area contributed by atoms with Crippen molar-refractivity contribution in [3.8, 4) is 0 Å². The molecule has 188 valence electrons. The lowest BCUT2D eigenvalue weighted by atomic mass is 9.93. The number of likely N-dealkylation sites (N-methyl/N-ethyl adjacent to an activating group) is 1. The zero-order valence-corrected chi connectivity index (χ0v) is 21.4. The molecule has 6 rings (SSSR count). The molecular formula is C30H36FN5. The molecule has 3 atom stereocenters. The summed E-state index contributed by atoms with van der Waals surface area (Å²) in [7, 11) is 4.36. The summed E-state index contributed by atoms with van der Waals surface area (Å²) in [6.07, 6.45) is 3.87. The van der Waals surface area contributed by atoms with Crippen molar-refractivity contribution in [3.05, 3.63) is 89.4 Å². The second-order valence-electron chi connectivity index (χ2n) is 10.7. The average Bonchev–Trinajstić information content (AvgIpc) is 3.55. The number of aromatic nitrogens is 1. The maximum absolute atomic E-state index is 14.8. The van der Waals surface area contributed by atoms with Gasteiger partial charge >= 0.3 is 0 Å². The topological polar surface area (TPSA) is 25.9 Å². The van der Waals surface area contributed by atoms with Crippen LogP contribution in [0.5, 0.6) is 0 Å². The van der Waals surface area contributed by atoms with Crippen LogP contribution in [0.25, 0.3) is 0 Å². The Morgan fingerprint density at radius 2 is 1.64 bits per heavy atom. The van der Waals surface area contributed by atoms with Gasteiger partial charge in [-0.25, -0.2) is 9.37 Å². The molecule has 3 aromatic rings. The summed E-state index contributed by atoms with van der Waals surface area (Å²) in [4.78, 5) is 14.2. The molecule has 1 aliphatic carbocycles. The fourth-order valence-corrected chi connectivity index (χ4v) is 6.56. The first-order valence-electron chi connectivity index (χ1n) is 13.3. The summed E-state index contributed by atoms with van der Waals surface area (Å²) in [6.45, 7) is 5.92. The Morgan fingerprint density at radius 1 is 0.861 bits per heavy atom. The lowest BCUT2D eigenvalue weighted by Crippen LogP contribution is -2.46. The number of aryl methyl sites for hydroxylation is 1. The molecule has 5 nitrogen and oxygen atoms in total. The number of likely N-dealkylation sites (tertiary alicyclic amines) is 1. The number of benzene rings is 2. The molecule has 6 heteroatoms. The van der Waals surface area contributed by atoms with E-state index in [1.54, 1.807) is 6.07 Å². The van der Waals surface area contributed by atoms with E-state index in [1.807, 2.05) is 18.3 Å². The number of fused-ring (bicyclic) bond motifs is 1. The predicted molar refractivity (Wildman–Crippen MR) is 144 cm³/mol. The molecule has 0 spiro atoms. The van der Waals surface area contributed by atoms with Gasteiger partial charge in [0.2, 0.25) is 0 Å². The van der Waals surface area contributed by atoms with Gasteiger partial charge in [-0.15, -0.1) is 0 Å². The average molecular weight is 486 g/mol. The van der Waals surface area contributed by atoms with E-state index >= 15 is 0 Å². The van der Waals surface area contributed by atoms with Crippen LogP contribution in [-0.4, -0.2) is 74.2 Å². The molecule has 3 aliphatic rings. The Labute approximate surface area is 214 Å². The molecule has 3 unspecified atom stereocenters. The largest absolute Gasteiger partial charge is 0.368 e. The molecule has 1 aromatic heterocycles. The number of hydrogen-bond donors (Lipinski definition) is 0. The van der Waals surface area contributed by atoms with Crippen molar-refractivity contribution in [1.29, 1.82) is 0 Å². The molecule has 0 saturated carbocycles. The fraction of sp³-hybridized carbons (Fsp3) is 0.433. The van der Waals surface area contributed by atoms with E-state index in [9.17, 15) is 4.39 Å². The van der Waals surface area contributed by atoms with E-state index in [2.05, 4.69) is 81.1 Å². The lowest BCUT2D eigenvalue weighted by Gasteiger charge is -2.37. The Hall–Kier alpha value is -2.96. The first kappa shape index (κ1) is 23.4. The van der Waals surface area contributed by atoms with Gasteiger partial charge in [0, 0.05) is 74.7 Å². The number of hydrogen-bond acceptors (Lipinski definition) is 5. The van der Waals surface area contributed by atoms with Crippen LogP contribution in [0.1, 0.15) is 35.1 Å². The van der Waals surface area contributed by atoms with Gasteiger partial charge in [-0.3, -0.25) is 4.90 Å². The van der Waals surface area contributed by atoms with Crippen LogP contribution >= 0.6 is 0 Å². The molecule has 0 amide bonds. The summed E-state index contributed by atoms with van der Waals surface area (Å²) in [5.74, 6) is 1.45. The number of pyridine rings is 1. The van der Waals surface area contributed by atoms with Gasteiger partial charge in [0.15, 0.2) is 0 Å². The minimum Gasteiger partial charge on any atom is -0.368 e. The first-order valence-corrected chi connectivity index (χ1v) is 13.3. The summed E-state index contributed by atoms with van der Waals surface area (Å²) in [6, 6.07) is 21.6. The van der Waals surface area contributed by atoms with Crippen molar-refractivity contribution in [2.45, 2.75) is 30.8 Å². The highest BCUT2D eigenvalue weighted by molar-refractivity contribution is 5.51. The minimum absolute atomic E-state index is 0.0349. The van der Waals surface area contributed by atoms with Crippen LogP contribution in [0.2, 0.25) is 0 Å². The number of nitrogens with zero attached hydrogens (tertiary/aromatic N) is 5. The first-order chi connectivity index (χ1) is 17.6. The fourth-order valence-electron chi connectivity index (χ4n) is 6.56. The van der Waals surface area contributed by atoms with E-state index in [0.29, 0.717) is 12.0 Å². The zero-order chi connectivity index (χ0) is 24.6. The van der Waals surface area contributed by atoms with E-state index in [0.717, 1.165) is 63.5 Å². The number of piperazine rings is 1. The second-order valence-corrected chi connectivity index (χ2v) is 10.7. The molecule has 2 saturated heterocycles. The van der Waals surface area contributed by atoms with Gasteiger partial charge in [-0.2, -0.15) is 0 Å². The third-order valence-corrected chi connectivity index (χ3v) is 8.52. The molecule has 3 heterocycles. The Kier molecular flexibility index (Phi) is 6.40. The van der Waals surface area contributed by atoms with Crippen molar-refractivity contribution >= 4 is 11.5 Å². The summed E-state index contributed by atoms with van der Waals surface area (Å²) in [5, 5.41) is 0. The van der Waals surface area contributed by atoms with Crippen molar-refractivity contribution in [3.63, 3.8) is 0 Å².